The second kappa shape index (κ2) is 6.00. The van der Waals surface area contributed by atoms with Gasteiger partial charge in [-0.3, -0.25) is 0 Å². The zero-order chi connectivity index (χ0) is 16.7. The summed E-state index contributed by atoms with van der Waals surface area (Å²) in [5.74, 6) is 1.53. The highest BCUT2D eigenvalue weighted by molar-refractivity contribution is 6.34. The molecule has 0 spiro atoms. The summed E-state index contributed by atoms with van der Waals surface area (Å²) >= 11 is 12.2. The van der Waals surface area contributed by atoms with Gasteiger partial charge in [-0.1, -0.05) is 17.7 Å². The molecule has 0 unspecified atom stereocenters. The van der Waals surface area contributed by atoms with Gasteiger partial charge in [0.25, 0.3) is 0 Å². The first-order valence-electron chi connectivity index (χ1n) is 7.40. The molecule has 1 aromatic heterocycles. The lowest BCUT2D eigenvalue weighted by molar-refractivity contribution is 0.174. The van der Waals surface area contributed by atoms with E-state index in [1.54, 1.807) is 12.1 Å². The van der Waals surface area contributed by atoms with Crippen LogP contribution >= 0.6 is 23.2 Å². The molecule has 1 aliphatic heterocycles. The molecule has 4 rings (SSSR count). The first-order valence-corrected chi connectivity index (χ1v) is 8.16. The second-order valence-electron chi connectivity index (χ2n) is 5.48. The number of aromatic nitrogens is 2. The van der Waals surface area contributed by atoms with E-state index in [4.69, 9.17) is 38.4 Å². The van der Waals surface area contributed by atoms with E-state index < -0.39 is 0 Å². The molecule has 122 valence electrons. The summed E-state index contributed by atoms with van der Waals surface area (Å²) in [6, 6.07) is 9.41. The molecule has 7 heteroatoms. The van der Waals surface area contributed by atoms with Gasteiger partial charge in [0.2, 0.25) is 12.1 Å². The third-order valence-corrected chi connectivity index (χ3v) is 4.48. The second-order valence-corrected chi connectivity index (χ2v) is 6.23. The molecule has 0 aliphatic carbocycles. The SMILES string of the molecule is Nc1c(Cl)ccc2nc(Cl)nc(CCc3ccc4c(c3)OCO4)c12. The van der Waals surface area contributed by atoms with E-state index in [2.05, 4.69) is 9.97 Å². The number of hydrogen-bond donors (Lipinski definition) is 1. The van der Waals surface area contributed by atoms with E-state index in [1.165, 1.54) is 0 Å². The van der Waals surface area contributed by atoms with Gasteiger partial charge in [-0.2, -0.15) is 0 Å². The van der Waals surface area contributed by atoms with Crippen molar-refractivity contribution in [1.82, 2.24) is 9.97 Å². The van der Waals surface area contributed by atoms with Crippen LogP contribution in [0.3, 0.4) is 0 Å². The van der Waals surface area contributed by atoms with Crippen molar-refractivity contribution in [3.8, 4) is 11.5 Å². The maximum atomic E-state index is 6.14. The summed E-state index contributed by atoms with van der Waals surface area (Å²) in [6.45, 7) is 0.264. The monoisotopic (exact) mass is 361 g/mol. The van der Waals surface area contributed by atoms with Crippen LogP contribution in [0, 0.1) is 0 Å². The zero-order valence-corrected chi connectivity index (χ0v) is 14.1. The Morgan fingerprint density at radius 1 is 1.00 bits per heavy atom. The first-order chi connectivity index (χ1) is 11.6. The van der Waals surface area contributed by atoms with E-state index in [0.29, 0.717) is 22.6 Å². The van der Waals surface area contributed by atoms with Gasteiger partial charge < -0.3 is 15.2 Å². The molecule has 5 nitrogen and oxygen atoms in total. The standard InChI is InChI=1S/C17H13Cl2N3O2/c18-10-3-5-12-15(16(10)20)11(21-17(19)22-12)4-1-9-2-6-13-14(7-9)24-8-23-13/h2-3,5-7H,1,4,8,20H2. The fraction of sp³-hybridized carbons (Fsp3) is 0.176. The summed E-state index contributed by atoms with van der Waals surface area (Å²) in [4.78, 5) is 8.57. The zero-order valence-electron chi connectivity index (χ0n) is 12.6. The first kappa shape index (κ1) is 15.3. The van der Waals surface area contributed by atoms with Crippen LogP contribution in [0.4, 0.5) is 5.69 Å². The number of nitrogens with zero attached hydrogens (tertiary/aromatic N) is 2. The number of fused-ring (bicyclic) bond motifs is 2. The minimum atomic E-state index is 0.199. The highest BCUT2D eigenvalue weighted by atomic mass is 35.5. The van der Waals surface area contributed by atoms with E-state index >= 15 is 0 Å². The van der Waals surface area contributed by atoms with Gasteiger partial charge >= 0.3 is 0 Å². The van der Waals surface area contributed by atoms with Crippen LogP contribution in [0.15, 0.2) is 30.3 Å². The molecule has 1 aliphatic rings. The van der Waals surface area contributed by atoms with Gasteiger partial charge in [-0.05, 0) is 54.3 Å². The Hall–Kier alpha value is -2.24. The minimum absolute atomic E-state index is 0.199. The molecule has 2 aromatic carbocycles. The molecule has 0 saturated carbocycles. The number of nitrogens with two attached hydrogens (primary N) is 1. The minimum Gasteiger partial charge on any atom is -0.454 e. The predicted molar refractivity (Wildman–Crippen MR) is 93.9 cm³/mol. The largest absolute Gasteiger partial charge is 0.454 e. The van der Waals surface area contributed by atoms with Gasteiger partial charge in [0.1, 0.15) is 0 Å². The summed E-state index contributed by atoms with van der Waals surface area (Å²) in [5, 5.41) is 1.44. The van der Waals surface area contributed by atoms with Gasteiger partial charge in [-0.15, -0.1) is 0 Å². The molecule has 0 bridgehead atoms. The van der Waals surface area contributed by atoms with E-state index in [-0.39, 0.29) is 12.1 Å². The molecule has 0 amide bonds. The molecule has 0 saturated heterocycles. The lowest BCUT2D eigenvalue weighted by Gasteiger charge is -2.10. The highest BCUT2D eigenvalue weighted by Gasteiger charge is 2.15. The van der Waals surface area contributed by atoms with Crippen LogP contribution in [-0.4, -0.2) is 16.8 Å². The number of benzene rings is 2. The molecule has 2 heterocycles. The molecular formula is C17H13Cl2N3O2. The Morgan fingerprint density at radius 3 is 2.71 bits per heavy atom. The van der Waals surface area contributed by atoms with Gasteiger partial charge in [0, 0.05) is 5.39 Å². The molecular weight excluding hydrogens is 349 g/mol. The van der Waals surface area contributed by atoms with Crippen molar-refractivity contribution in [1.29, 1.82) is 0 Å². The van der Waals surface area contributed by atoms with E-state index in [9.17, 15) is 0 Å². The summed E-state index contributed by atoms with van der Waals surface area (Å²) in [7, 11) is 0. The average molecular weight is 362 g/mol. The molecule has 0 atom stereocenters. The number of halogens is 2. The normalized spacial score (nSPS) is 12.8. The Labute approximate surface area is 148 Å². The lowest BCUT2D eigenvalue weighted by Crippen LogP contribution is -2.01. The fourth-order valence-corrected chi connectivity index (χ4v) is 3.16. The van der Waals surface area contributed by atoms with Gasteiger partial charge in [-0.25, -0.2) is 9.97 Å². The Balaban J connectivity index is 1.68. The summed E-state index contributed by atoms with van der Waals surface area (Å²) < 4.78 is 10.7. The quantitative estimate of drug-likeness (QED) is 0.563. The number of ether oxygens (including phenoxy) is 2. The molecule has 24 heavy (non-hydrogen) atoms. The Bertz CT molecular complexity index is 947. The topological polar surface area (TPSA) is 70.3 Å². The molecule has 0 fully saturated rings. The predicted octanol–water partition coefficient (Wildman–Crippen LogP) is 4.03. The van der Waals surface area contributed by atoms with Crippen molar-refractivity contribution in [2.75, 3.05) is 12.5 Å². The maximum Gasteiger partial charge on any atom is 0.231 e. The van der Waals surface area contributed by atoms with Crippen molar-refractivity contribution in [2.45, 2.75) is 12.8 Å². The number of hydrogen-bond acceptors (Lipinski definition) is 5. The third-order valence-electron chi connectivity index (χ3n) is 3.99. The van der Waals surface area contributed by atoms with Crippen molar-refractivity contribution >= 4 is 39.8 Å². The van der Waals surface area contributed by atoms with Crippen LogP contribution in [0.5, 0.6) is 11.5 Å². The van der Waals surface area contributed by atoms with Crippen LogP contribution < -0.4 is 15.2 Å². The Morgan fingerprint density at radius 2 is 1.83 bits per heavy atom. The van der Waals surface area contributed by atoms with Crippen molar-refractivity contribution in [3.05, 3.63) is 51.9 Å². The fourth-order valence-electron chi connectivity index (χ4n) is 2.81. The van der Waals surface area contributed by atoms with E-state index in [1.807, 2.05) is 18.2 Å². The number of aryl methyl sites for hydroxylation is 2. The third kappa shape index (κ3) is 2.70. The molecule has 3 aromatic rings. The van der Waals surface area contributed by atoms with Crippen LogP contribution in [0.2, 0.25) is 10.3 Å². The van der Waals surface area contributed by atoms with Crippen molar-refractivity contribution in [3.63, 3.8) is 0 Å². The van der Waals surface area contributed by atoms with Crippen LogP contribution in [0.25, 0.3) is 10.9 Å². The van der Waals surface area contributed by atoms with Crippen LogP contribution in [-0.2, 0) is 12.8 Å². The summed E-state index contributed by atoms with van der Waals surface area (Å²) in [6.07, 6.45) is 1.41. The summed E-state index contributed by atoms with van der Waals surface area (Å²) in [5.41, 5.74) is 9.18. The van der Waals surface area contributed by atoms with Crippen molar-refractivity contribution < 1.29 is 9.47 Å². The molecule has 0 radical (unpaired) electrons. The number of rotatable bonds is 3. The highest BCUT2D eigenvalue weighted by Crippen LogP contribution is 2.34. The Kier molecular flexibility index (Phi) is 3.82. The van der Waals surface area contributed by atoms with Crippen molar-refractivity contribution in [2.24, 2.45) is 0 Å². The molecule has 2 N–H and O–H groups in total. The smallest absolute Gasteiger partial charge is 0.231 e. The van der Waals surface area contributed by atoms with Gasteiger partial charge in [0.15, 0.2) is 11.5 Å². The maximum absolute atomic E-state index is 6.14. The van der Waals surface area contributed by atoms with Crippen LogP contribution in [0.1, 0.15) is 11.3 Å². The lowest BCUT2D eigenvalue weighted by atomic mass is 10.0. The number of anilines is 1. The van der Waals surface area contributed by atoms with Gasteiger partial charge in [0.05, 0.1) is 21.9 Å². The average Bonchev–Trinajstić information content (AvgIpc) is 3.03. The van der Waals surface area contributed by atoms with E-state index in [0.717, 1.165) is 34.6 Å². The number of nitrogen functional groups attached to an aromatic ring is 1.